The van der Waals surface area contributed by atoms with E-state index in [2.05, 4.69) is 10.6 Å². The van der Waals surface area contributed by atoms with E-state index in [0.29, 0.717) is 11.0 Å². The van der Waals surface area contributed by atoms with Crippen LogP contribution in [-0.2, 0) is 16.6 Å². The van der Waals surface area contributed by atoms with Crippen molar-refractivity contribution in [3.05, 3.63) is 28.4 Å². The number of aryl methyl sites for hydroxylation is 1. The summed E-state index contributed by atoms with van der Waals surface area (Å²) in [6.45, 7) is 1.58. The zero-order chi connectivity index (χ0) is 19.1. The van der Waals surface area contributed by atoms with Crippen LogP contribution >= 0.6 is 12.4 Å². The van der Waals surface area contributed by atoms with Gasteiger partial charge in [0.25, 0.3) is 0 Å². The quantitative estimate of drug-likeness (QED) is 0.734. The standard InChI is InChI=1S/C18H21FN4O4.ClH/c1-22-15-12(23(18(22)26)13-4-5-14(24)21-17(13)25)3-2-11(19)16(15)27-10-6-8-20-9-7-10;/h2-3,10,13,20H,4-9H2,1H3,(H,21,24,25);1H. The predicted molar refractivity (Wildman–Crippen MR) is 102 cm³/mol. The fraction of sp³-hybridized carbons (Fsp3) is 0.500. The highest BCUT2D eigenvalue weighted by Gasteiger charge is 2.32. The first kappa shape index (κ1) is 20.3. The highest BCUT2D eigenvalue weighted by atomic mass is 35.5. The van der Waals surface area contributed by atoms with Crippen molar-refractivity contribution in [3.8, 4) is 5.75 Å². The number of hydrogen-bond donors (Lipinski definition) is 2. The maximum absolute atomic E-state index is 14.6. The number of piperidine rings is 2. The largest absolute Gasteiger partial charge is 0.485 e. The second kappa shape index (κ2) is 7.92. The van der Waals surface area contributed by atoms with Crippen LogP contribution < -0.4 is 21.1 Å². The van der Waals surface area contributed by atoms with Gasteiger partial charge in [-0.1, -0.05) is 0 Å². The lowest BCUT2D eigenvalue weighted by Crippen LogP contribution is -2.44. The second-order valence-corrected chi connectivity index (χ2v) is 6.99. The highest BCUT2D eigenvalue weighted by Crippen LogP contribution is 2.32. The van der Waals surface area contributed by atoms with Gasteiger partial charge in [-0.25, -0.2) is 9.18 Å². The SMILES string of the molecule is Cl.Cn1c(=O)n(C2CCC(=O)NC2=O)c2ccc(F)c(OC3CCNCC3)c21. The fourth-order valence-electron chi connectivity index (χ4n) is 3.84. The Morgan fingerprint density at radius 1 is 1.14 bits per heavy atom. The number of amides is 2. The van der Waals surface area contributed by atoms with Gasteiger partial charge in [-0.15, -0.1) is 12.4 Å². The molecular formula is C18H22ClFN4O4. The molecule has 2 aliphatic rings. The van der Waals surface area contributed by atoms with Gasteiger partial charge in [0, 0.05) is 13.5 Å². The Kier molecular flexibility index (Phi) is 5.76. The van der Waals surface area contributed by atoms with Crippen LogP contribution in [0.2, 0.25) is 0 Å². The summed E-state index contributed by atoms with van der Waals surface area (Å²) in [5.74, 6) is -1.39. The summed E-state index contributed by atoms with van der Waals surface area (Å²) < 4.78 is 23.1. The average molecular weight is 413 g/mol. The molecule has 0 saturated carbocycles. The van der Waals surface area contributed by atoms with Gasteiger partial charge in [-0.05, 0) is 44.5 Å². The van der Waals surface area contributed by atoms with Crippen molar-refractivity contribution in [2.75, 3.05) is 13.1 Å². The van der Waals surface area contributed by atoms with E-state index in [1.165, 1.54) is 28.3 Å². The molecule has 152 valence electrons. The van der Waals surface area contributed by atoms with Crippen LogP contribution in [0.4, 0.5) is 4.39 Å². The molecule has 4 rings (SSSR count). The number of nitrogens with one attached hydrogen (secondary N) is 2. The number of hydrogen-bond acceptors (Lipinski definition) is 5. The number of imide groups is 1. The normalized spacial score (nSPS) is 20.7. The average Bonchev–Trinajstić information content (AvgIpc) is 2.90. The van der Waals surface area contributed by atoms with Crippen LogP contribution in [0.25, 0.3) is 11.0 Å². The lowest BCUT2D eigenvalue weighted by molar-refractivity contribution is -0.135. The van der Waals surface area contributed by atoms with Crippen molar-refractivity contribution in [1.82, 2.24) is 19.8 Å². The maximum atomic E-state index is 14.6. The van der Waals surface area contributed by atoms with E-state index in [9.17, 15) is 18.8 Å². The molecule has 1 atom stereocenters. The van der Waals surface area contributed by atoms with Gasteiger partial charge >= 0.3 is 5.69 Å². The first-order valence-corrected chi connectivity index (χ1v) is 9.08. The number of carbonyl (C=O) groups is 2. The number of ether oxygens (including phenoxy) is 1. The molecule has 1 unspecified atom stereocenters. The van der Waals surface area contributed by atoms with Crippen LogP contribution in [-0.4, -0.2) is 40.1 Å². The number of aromatic nitrogens is 2. The number of halogens is 2. The van der Waals surface area contributed by atoms with Crippen LogP contribution in [0.3, 0.4) is 0 Å². The van der Waals surface area contributed by atoms with E-state index in [0.717, 1.165) is 25.9 Å². The molecule has 2 aromatic rings. The Morgan fingerprint density at radius 2 is 1.86 bits per heavy atom. The summed E-state index contributed by atoms with van der Waals surface area (Å²) in [7, 11) is 1.53. The first-order valence-electron chi connectivity index (χ1n) is 9.08. The number of imidazole rings is 1. The zero-order valence-corrected chi connectivity index (χ0v) is 16.2. The van der Waals surface area contributed by atoms with E-state index in [-0.39, 0.29) is 43.0 Å². The molecule has 3 heterocycles. The lowest BCUT2D eigenvalue weighted by Gasteiger charge is -2.24. The van der Waals surface area contributed by atoms with Crippen molar-refractivity contribution in [2.45, 2.75) is 37.8 Å². The second-order valence-electron chi connectivity index (χ2n) is 6.99. The topological polar surface area (TPSA) is 94.4 Å². The molecule has 0 radical (unpaired) electrons. The van der Waals surface area contributed by atoms with Crippen LogP contribution in [0.5, 0.6) is 5.75 Å². The first-order chi connectivity index (χ1) is 13.0. The Labute approximate surface area is 166 Å². The third-order valence-corrected chi connectivity index (χ3v) is 5.24. The molecule has 0 aliphatic carbocycles. The molecular weight excluding hydrogens is 391 g/mol. The van der Waals surface area contributed by atoms with E-state index in [4.69, 9.17) is 4.74 Å². The molecule has 0 spiro atoms. The molecule has 2 amide bonds. The van der Waals surface area contributed by atoms with Crippen molar-refractivity contribution < 1.29 is 18.7 Å². The van der Waals surface area contributed by atoms with E-state index in [1.807, 2.05) is 0 Å². The number of carbonyl (C=O) groups excluding carboxylic acids is 2. The lowest BCUT2D eigenvalue weighted by atomic mass is 10.1. The van der Waals surface area contributed by atoms with E-state index >= 15 is 0 Å². The van der Waals surface area contributed by atoms with E-state index in [1.54, 1.807) is 0 Å². The highest BCUT2D eigenvalue weighted by molar-refractivity contribution is 6.00. The summed E-state index contributed by atoms with van der Waals surface area (Å²) in [5.41, 5.74) is 0.297. The molecule has 28 heavy (non-hydrogen) atoms. The maximum Gasteiger partial charge on any atom is 0.329 e. The summed E-state index contributed by atoms with van der Waals surface area (Å²) in [5, 5.41) is 5.48. The number of benzene rings is 1. The van der Waals surface area contributed by atoms with Gasteiger partial charge in [0.1, 0.15) is 17.7 Å². The summed E-state index contributed by atoms with van der Waals surface area (Å²) in [6, 6.07) is 1.92. The monoisotopic (exact) mass is 412 g/mol. The molecule has 1 aromatic carbocycles. The van der Waals surface area contributed by atoms with Gasteiger partial charge in [0.2, 0.25) is 11.8 Å². The van der Waals surface area contributed by atoms with Gasteiger partial charge in [0.15, 0.2) is 11.6 Å². The molecule has 10 heteroatoms. The van der Waals surface area contributed by atoms with Crippen LogP contribution in [0.1, 0.15) is 31.7 Å². The summed E-state index contributed by atoms with van der Waals surface area (Å²) >= 11 is 0. The van der Waals surface area contributed by atoms with Crippen LogP contribution in [0, 0.1) is 5.82 Å². The number of rotatable bonds is 3. The molecule has 2 N–H and O–H groups in total. The van der Waals surface area contributed by atoms with Crippen LogP contribution in [0.15, 0.2) is 16.9 Å². The predicted octanol–water partition coefficient (Wildman–Crippen LogP) is 1.01. The molecule has 0 bridgehead atoms. The Hall–Kier alpha value is -2.39. The molecule has 2 aliphatic heterocycles. The summed E-state index contributed by atoms with van der Waals surface area (Å²) in [4.78, 5) is 36.5. The van der Waals surface area contributed by atoms with E-state index < -0.39 is 23.5 Å². The molecule has 8 nitrogen and oxygen atoms in total. The minimum atomic E-state index is -0.809. The number of fused-ring (bicyclic) bond motifs is 1. The third-order valence-electron chi connectivity index (χ3n) is 5.24. The van der Waals surface area contributed by atoms with Gasteiger partial charge < -0.3 is 10.1 Å². The van der Waals surface area contributed by atoms with Gasteiger partial charge in [-0.2, -0.15) is 0 Å². The number of nitrogens with zero attached hydrogens (tertiary/aromatic N) is 2. The van der Waals surface area contributed by atoms with Gasteiger partial charge in [-0.3, -0.25) is 24.0 Å². The van der Waals surface area contributed by atoms with Gasteiger partial charge in [0.05, 0.1) is 5.52 Å². The molecule has 1 aromatic heterocycles. The Morgan fingerprint density at radius 3 is 2.54 bits per heavy atom. The Bertz CT molecular complexity index is 980. The van der Waals surface area contributed by atoms with Crippen molar-refractivity contribution in [3.63, 3.8) is 0 Å². The molecule has 2 fully saturated rings. The third kappa shape index (κ3) is 3.40. The Balaban J connectivity index is 0.00000225. The fourth-order valence-corrected chi connectivity index (χ4v) is 3.84. The minimum absolute atomic E-state index is 0. The smallest absolute Gasteiger partial charge is 0.329 e. The summed E-state index contributed by atoms with van der Waals surface area (Å²) in [6.07, 6.45) is 1.74. The minimum Gasteiger partial charge on any atom is -0.485 e. The van der Waals surface area contributed by atoms with Crippen molar-refractivity contribution in [1.29, 1.82) is 0 Å². The van der Waals surface area contributed by atoms with Crippen molar-refractivity contribution >= 4 is 35.3 Å². The van der Waals surface area contributed by atoms with Crippen molar-refractivity contribution in [2.24, 2.45) is 7.05 Å². The zero-order valence-electron chi connectivity index (χ0n) is 15.4. The molecule has 2 saturated heterocycles.